The third kappa shape index (κ3) is 0.455. The second kappa shape index (κ2) is 1.47. The van der Waals surface area contributed by atoms with Crippen LogP contribution in [0, 0.1) is 11.8 Å². The predicted octanol–water partition coefficient (Wildman–Crippen LogP) is 1.00. The van der Waals surface area contributed by atoms with Crippen LogP contribution < -0.4 is 5.32 Å². The lowest BCUT2D eigenvalue weighted by atomic mass is 9.89. The van der Waals surface area contributed by atoms with Gasteiger partial charge in [0.1, 0.15) is 0 Å². The molecular formula is C7H13N. The maximum absolute atomic E-state index is 3.44. The number of rotatable bonds is 0. The van der Waals surface area contributed by atoms with E-state index in [0.29, 0.717) is 0 Å². The van der Waals surface area contributed by atoms with Crippen molar-refractivity contribution in [2.75, 3.05) is 6.54 Å². The fourth-order valence-corrected chi connectivity index (χ4v) is 1.99. The molecule has 2 aliphatic rings. The van der Waals surface area contributed by atoms with E-state index in [1.807, 2.05) is 0 Å². The zero-order valence-electron chi connectivity index (χ0n) is 5.35. The summed E-state index contributed by atoms with van der Waals surface area (Å²) in [5, 5.41) is 3.44. The Morgan fingerprint density at radius 2 is 2.25 bits per heavy atom. The molecule has 0 aromatic carbocycles. The van der Waals surface area contributed by atoms with Crippen LogP contribution in [0.1, 0.15) is 19.8 Å². The topological polar surface area (TPSA) is 12.0 Å². The fourth-order valence-electron chi connectivity index (χ4n) is 1.99. The molecule has 1 heterocycles. The molecule has 1 saturated carbocycles. The minimum Gasteiger partial charge on any atom is -0.313 e. The summed E-state index contributed by atoms with van der Waals surface area (Å²) < 4.78 is 0. The van der Waals surface area contributed by atoms with Crippen LogP contribution in [0.15, 0.2) is 0 Å². The molecule has 1 saturated heterocycles. The molecular weight excluding hydrogens is 98.1 g/mol. The average Bonchev–Trinajstić information content (AvgIpc) is 1.80. The first-order chi connectivity index (χ1) is 3.88. The quantitative estimate of drug-likeness (QED) is 0.492. The third-order valence-electron chi connectivity index (χ3n) is 2.80. The Morgan fingerprint density at radius 3 is 2.50 bits per heavy atom. The van der Waals surface area contributed by atoms with E-state index in [2.05, 4.69) is 12.2 Å². The number of hydrogen-bond acceptors (Lipinski definition) is 1. The minimum absolute atomic E-state index is 0.921. The number of hydrogen-bond donors (Lipinski definition) is 1. The Hall–Kier alpha value is -0.0400. The van der Waals surface area contributed by atoms with Crippen molar-refractivity contribution in [1.82, 2.24) is 5.32 Å². The van der Waals surface area contributed by atoms with Gasteiger partial charge in [0, 0.05) is 6.04 Å². The first-order valence-corrected chi connectivity index (χ1v) is 3.61. The smallest absolute Gasteiger partial charge is 0.0110 e. The molecule has 1 aliphatic heterocycles. The van der Waals surface area contributed by atoms with Gasteiger partial charge in [-0.3, -0.25) is 0 Å². The van der Waals surface area contributed by atoms with Gasteiger partial charge in [-0.1, -0.05) is 6.92 Å². The summed E-state index contributed by atoms with van der Waals surface area (Å²) in [6.07, 6.45) is 2.90. The summed E-state index contributed by atoms with van der Waals surface area (Å²) in [5.41, 5.74) is 0. The number of nitrogens with one attached hydrogen (secondary N) is 1. The van der Waals surface area contributed by atoms with Crippen molar-refractivity contribution in [3.05, 3.63) is 0 Å². The molecule has 2 rings (SSSR count). The van der Waals surface area contributed by atoms with Gasteiger partial charge >= 0.3 is 0 Å². The second-order valence-corrected chi connectivity index (χ2v) is 3.23. The standard InChI is InChI=1S/C7H13N/c1-5-2-3-7-6(5)4-8-7/h5-8H,2-4H2,1H3. The predicted molar refractivity (Wildman–Crippen MR) is 33.7 cm³/mol. The van der Waals surface area contributed by atoms with E-state index in [1.54, 1.807) is 0 Å². The molecule has 1 nitrogen and oxygen atoms in total. The summed E-state index contributed by atoms with van der Waals surface area (Å²) in [6, 6.07) is 0.921. The number of fused-ring (bicyclic) bond motifs is 1. The highest BCUT2D eigenvalue weighted by Gasteiger charge is 2.39. The zero-order valence-corrected chi connectivity index (χ0v) is 5.35. The highest BCUT2D eigenvalue weighted by Crippen LogP contribution is 2.36. The van der Waals surface area contributed by atoms with Crippen molar-refractivity contribution in [2.45, 2.75) is 25.8 Å². The molecule has 1 heteroatoms. The molecule has 0 spiro atoms. The van der Waals surface area contributed by atoms with Gasteiger partial charge in [-0.05, 0) is 31.2 Å². The van der Waals surface area contributed by atoms with E-state index in [9.17, 15) is 0 Å². The highest BCUT2D eigenvalue weighted by atomic mass is 15.0. The lowest BCUT2D eigenvalue weighted by molar-refractivity contribution is 0.230. The molecule has 2 fully saturated rings. The van der Waals surface area contributed by atoms with Crippen molar-refractivity contribution in [1.29, 1.82) is 0 Å². The Bertz CT molecular complexity index is 94.6. The fraction of sp³-hybridized carbons (Fsp3) is 1.00. The highest BCUT2D eigenvalue weighted by molar-refractivity contribution is 4.96. The van der Waals surface area contributed by atoms with Gasteiger partial charge in [0.05, 0.1) is 0 Å². The van der Waals surface area contributed by atoms with Crippen LogP contribution in [-0.2, 0) is 0 Å². The zero-order chi connectivity index (χ0) is 5.56. The lowest BCUT2D eigenvalue weighted by Gasteiger charge is -2.34. The van der Waals surface area contributed by atoms with Gasteiger partial charge in [0.25, 0.3) is 0 Å². The van der Waals surface area contributed by atoms with Gasteiger partial charge in [-0.15, -0.1) is 0 Å². The summed E-state index contributed by atoms with van der Waals surface area (Å²) >= 11 is 0. The molecule has 1 N–H and O–H groups in total. The van der Waals surface area contributed by atoms with E-state index >= 15 is 0 Å². The van der Waals surface area contributed by atoms with Gasteiger partial charge in [-0.2, -0.15) is 0 Å². The minimum atomic E-state index is 0.921. The van der Waals surface area contributed by atoms with Gasteiger partial charge in [0.15, 0.2) is 0 Å². The Labute approximate surface area is 50.5 Å². The Morgan fingerprint density at radius 1 is 1.38 bits per heavy atom. The molecule has 3 atom stereocenters. The maximum Gasteiger partial charge on any atom is 0.0110 e. The molecule has 0 radical (unpaired) electrons. The summed E-state index contributed by atoms with van der Waals surface area (Å²) in [5.74, 6) is 2.07. The van der Waals surface area contributed by atoms with Gasteiger partial charge in [-0.25, -0.2) is 0 Å². The normalized spacial score (nSPS) is 52.9. The van der Waals surface area contributed by atoms with E-state index in [1.165, 1.54) is 19.4 Å². The first kappa shape index (κ1) is 4.80. The van der Waals surface area contributed by atoms with Crippen molar-refractivity contribution in [3.63, 3.8) is 0 Å². The van der Waals surface area contributed by atoms with E-state index in [0.717, 1.165) is 17.9 Å². The third-order valence-corrected chi connectivity index (χ3v) is 2.80. The summed E-state index contributed by atoms with van der Waals surface area (Å²) in [4.78, 5) is 0. The Kier molecular flexibility index (Phi) is 0.884. The molecule has 0 aromatic heterocycles. The van der Waals surface area contributed by atoms with Crippen LogP contribution in [0.4, 0.5) is 0 Å². The summed E-state index contributed by atoms with van der Waals surface area (Å²) in [7, 11) is 0. The molecule has 46 valence electrons. The van der Waals surface area contributed by atoms with Crippen LogP contribution >= 0.6 is 0 Å². The Balaban J connectivity index is 2.05. The van der Waals surface area contributed by atoms with Crippen molar-refractivity contribution in [3.8, 4) is 0 Å². The molecule has 3 unspecified atom stereocenters. The van der Waals surface area contributed by atoms with Crippen LogP contribution in [0.5, 0.6) is 0 Å². The van der Waals surface area contributed by atoms with Crippen molar-refractivity contribution in [2.24, 2.45) is 11.8 Å². The van der Waals surface area contributed by atoms with Crippen molar-refractivity contribution >= 4 is 0 Å². The second-order valence-electron chi connectivity index (χ2n) is 3.23. The molecule has 0 amide bonds. The van der Waals surface area contributed by atoms with E-state index < -0.39 is 0 Å². The van der Waals surface area contributed by atoms with Crippen LogP contribution in [-0.4, -0.2) is 12.6 Å². The first-order valence-electron chi connectivity index (χ1n) is 3.61. The van der Waals surface area contributed by atoms with Crippen molar-refractivity contribution < 1.29 is 0 Å². The van der Waals surface area contributed by atoms with E-state index in [4.69, 9.17) is 0 Å². The van der Waals surface area contributed by atoms with Crippen LogP contribution in [0.3, 0.4) is 0 Å². The summed E-state index contributed by atoms with van der Waals surface area (Å²) in [6.45, 7) is 3.68. The maximum atomic E-state index is 3.44. The van der Waals surface area contributed by atoms with Gasteiger partial charge < -0.3 is 5.32 Å². The SMILES string of the molecule is CC1CCC2NCC12. The van der Waals surface area contributed by atoms with Crippen LogP contribution in [0.25, 0.3) is 0 Å². The largest absolute Gasteiger partial charge is 0.313 e. The lowest BCUT2D eigenvalue weighted by Crippen LogP contribution is -2.50. The molecule has 0 bridgehead atoms. The monoisotopic (exact) mass is 111 g/mol. The molecule has 8 heavy (non-hydrogen) atoms. The molecule has 0 aromatic rings. The van der Waals surface area contributed by atoms with Crippen LogP contribution in [0.2, 0.25) is 0 Å². The average molecular weight is 111 g/mol. The van der Waals surface area contributed by atoms with E-state index in [-0.39, 0.29) is 0 Å². The van der Waals surface area contributed by atoms with Gasteiger partial charge in [0.2, 0.25) is 0 Å². The molecule has 1 aliphatic carbocycles.